The van der Waals surface area contributed by atoms with Gasteiger partial charge in [0.1, 0.15) is 0 Å². The molecule has 0 atom stereocenters. The average molecular weight is 270 g/mol. The van der Waals surface area contributed by atoms with Crippen LogP contribution in [0, 0.1) is 6.92 Å². The number of carboxylic acids is 1. The molecule has 0 amide bonds. The Morgan fingerprint density at radius 3 is 2.75 bits per heavy atom. The first-order valence-corrected chi connectivity index (χ1v) is 6.53. The normalized spacial score (nSPS) is 13.2. The Kier molecular flexibility index (Phi) is 2.89. The maximum Gasteiger partial charge on any atom is 0.360 e. The largest absolute Gasteiger partial charge is 0.476 e. The summed E-state index contributed by atoms with van der Waals surface area (Å²) in [5.41, 5.74) is 3.03. The maximum atomic E-state index is 11.6. The van der Waals surface area contributed by atoms with E-state index in [0.717, 1.165) is 24.9 Å². The molecule has 0 bridgehead atoms. The van der Waals surface area contributed by atoms with Gasteiger partial charge in [-0.15, -0.1) is 0 Å². The molecule has 0 aliphatic heterocycles. The van der Waals surface area contributed by atoms with Gasteiger partial charge < -0.3 is 5.11 Å². The Labute approximate surface area is 115 Å². The number of aromatic nitrogens is 2. The van der Waals surface area contributed by atoms with E-state index >= 15 is 0 Å². The fourth-order valence-electron chi connectivity index (χ4n) is 2.65. The van der Waals surface area contributed by atoms with Gasteiger partial charge in [0.05, 0.1) is 5.69 Å². The third kappa shape index (κ3) is 2.01. The SMILES string of the molecule is Cc1cc(=O)c(C(=O)O)nn1-c1ccc2c(c1)CCC2. The van der Waals surface area contributed by atoms with Crippen LogP contribution >= 0.6 is 0 Å². The molecule has 102 valence electrons. The summed E-state index contributed by atoms with van der Waals surface area (Å²) in [5.74, 6) is -1.30. The summed E-state index contributed by atoms with van der Waals surface area (Å²) in [6.07, 6.45) is 3.27. The number of nitrogens with zero attached hydrogens (tertiary/aromatic N) is 2. The number of benzene rings is 1. The number of fused-ring (bicyclic) bond motifs is 1. The Hall–Kier alpha value is -2.43. The zero-order valence-electron chi connectivity index (χ0n) is 11.1. The molecule has 1 aliphatic carbocycles. The Balaban J connectivity index is 2.17. The van der Waals surface area contributed by atoms with Gasteiger partial charge in [-0.1, -0.05) is 6.07 Å². The van der Waals surface area contributed by atoms with E-state index in [2.05, 4.69) is 11.2 Å². The molecule has 1 aliphatic rings. The number of hydrogen-bond acceptors (Lipinski definition) is 3. The van der Waals surface area contributed by atoms with Crippen LogP contribution in [0.5, 0.6) is 0 Å². The number of aromatic carboxylic acids is 1. The summed E-state index contributed by atoms with van der Waals surface area (Å²) in [6, 6.07) is 7.31. The molecule has 1 aromatic carbocycles. The highest BCUT2D eigenvalue weighted by atomic mass is 16.4. The highest BCUT2D eigenvalue weighted by molar-refractivity contribution is 5.84. The highest BCUT2D eigenvalue weighted by Crippen LogP contribution is 2.24. The van der Waals surface area contributed by atoms with Gasteiger partial charge in [0.2, 0.25) is 11.1 Å². The molecule has 3 rings (SSSR count). The minimum atomic E-state index is -1.30. The lowest BCUT2D eigenvalue weighted by atomic mass is 10.1. The Bertz CT molecular complexity index is 762. The average Bonchev–Trinajstić information content (AvgIpc) is 2.85. The molecule has 5 nitrogen and oxygen atoms in total. The number of aryl methyl sites for hydroxylation is 3. The van der Waals surface area contributed by atoms with E-state index in [4.69, 9.17) is 5.11 Å². The first-order chi connectivity index (χ1) is 9.56. The highest BCUT2D eigenvalue weighted by Gasteiger charge is 2.16. The predicted molar refractivity (Wildman–Crippen MR) is 73.6 cm³/mol. The molecule has 0 saturated carbocycles. The topological polar surface area (TPSA) is 72.2 Å². The van der Waals surface area contributed by atoms with Crippen LogP contribution < -0.4 is 5.43 Å². The molecule has 1 aromatic heterocycles. The number of hydrogen-bond donors (Lipinski definition) is 1. The molecular weight excluding hydrogens is 256 g/mol. The monoisotopic (exact) mass is 270 g/mol. The standard InChI is InChI=1S/C15H14N2O3/c1-9-7-13(18)14(15(19)20)16-17(9)12-6-5-10-3-2-4-11(10)8-12/h5-8H,2-4H2,1H3,(H,19,20). The maximum absolute atomic E-state index is 11.6. The molecule has 1 heterocycles. The van der Waals surface area contributed by atoms with Crippen LogP contribution in [0.25, 0.3) is 5.69 Å². The molecule has 0 saturated heterocycles. The van der Waals surface area contributed by atoms with E-state index in [9.17, 15) is 9.59 Å². The van der Waals surface area contributed by atoms with Crippen molar-refractivity contribution >= 4 is 5.97 Å². The van der Waals surface area contributed by atoms with Crippen molar-refractivity contribution in [2.45, 2.75) is 26.2 Å². The molecule has 0 spiro atoms. The number of carbonyl (C=O) groups is 1. The number of rotatable bonds is 2. The first-order valence-electron chi connectivity index (χ1n) is 6.53. The fraction of sp³-hybridized carbons (Fsp3) is 0.267. The van der Waals surface area contributed by atoms with Gasteiger partial charge in [0.25, 0.3) is 0 Å². The molecule has 0 fully saturated rings. The fourth-order valence-corrected chi connectivity index (χ4v) is 2.65. The van der Waals surface area contributed by atoms with Crippen LogP contribution in [-0.2, 0) is 12.8 Å². The molecule has 1 N–H and O–H groups in total. The van der Waals surface area contributed by atoms with Gasteiger partial charge in [0, 0.05) is 11.8 Å². The molecular formula is C15H14N2O3. The molecule has 5 heteroatoms. The third-order valence-electron chi connectivity index (χ3n) is 3.64. The van der Waals surface area contributed by atoms with Crippen LogP contribution in [-0.4, -0.2) is 20.9 Å². The number of carboxylic acid groups (broad SMARTS) is 1. The van der Waals surface area contributed by atoms with Crippen LogP contribution in [0.1, 0.15) is 33.7 Å². The van der Waals surface area contributed by atoms with E-state index in [0.29, 0.717) is 5.69 Å². The summed E-state index contributed by atoms with van der Waals surface area (Å²) < 4.78 is 1.52. The van der Waals surface area contributed by atoms with Crippen molar-refractivity contribution in [2.75, 3.05) is 0 Å². The van der Waals surface area contributed by atoms with E-state index in [1.165, 1.54) is 21.9 Å². The summed E-state index contributed by atoms with van der Waals surface area (Å²) >= 11 is 0. The minimum absolute atomic E-state index is 0.448. The van der Waals surface area contributed by atoms with E-state index in [-0.39, 0.29) is 0 Å². The summed E-state index contributed by atoms with van der Waals surface area (Å²) in [4.78, 5) is 22.6. The minimum Gasteiger partial charge on any atom is -0.476 e. The zero-order valence-corrected chi connectivity index (χ0v) is 11.1. The lowest BCUT2D eigenvalue weighted by molar-refractivity contribution is 0.0686. The van der Waals surface area contributed by atoms with E-state index < -0.39 is 17.1 Å². The van der Waals surface area contributed by atoms with Gasteiger partial charge in [-0.25, -0.2) is 9.48 Å². The van der Waals surface area contributed by atoms with Crippen molar-refractivity contribution in [3.05, 3.63) is 57.0 Å². The van der Waals surface area contributed by atoms with Crippen molar-refractivity contribution in [3.8, 4) is 5.69 Å². The van der Waals surface area contributed by atoms with Crippen LogP contribution in [0.2, 0.25) is 0 Å². The third-order valence-corrected chi connectivity index (χ3v) is 3.64. The zero-order chi connectivity index (χ0) is 14.3. The van der Waals surface area contributed by atoms with Crippen molar-refractivity contribution in [2.24, 2.45) is 0 Å². The second-order valence-electron chi connectivity index (χ2n) is 5.02. The van der Waals surface area contributed by atoms with E-state index in [1.54, 1.807) is 6.92 Å². The summed E-state index contributed by atoms with van der Waals surface area (Å²) in [5, 5.41) is 13.0. The van der Waals surface area contributed by atoms with Crippen LogP contribution in [0.3, 0.4) is 0 Å². The van der Waals surface area contributed by atoms with Gasteiger partial charge >= 0.3 is 5.97 Å². The van der Waals surface area contributed by atoms with Crippen molar-refractivity contribution < 1.29 is 9.90 Å². The summed E-state index contributed by atoms with van der Waals surface area (Å²) in [7, 11) is 0. The van der Waals surface area contributed by atoms with Crippen LogP contribution in [0.4, 0.5) is 0 Å². The lowest BCUT2D eigenvalue weighted by Crippen LogP contribution is -2.22. The van der Waals surface area contributed by atoms with Crippen molar-refractivity contribution in [3.63, 3.8) is 0 Å². The van der Waals surface area contributed by atoms with Gasteiger partial charge in [-0.2, -0.15) is 5.10 Å². The predicted octanol–water partition coefficient (Wildman–Crippen LogP) is 1.73. The molecule has 0 radical (unpaired) electrons. The van der Waals surface area contributed by atoms with Crippen LogP contribution in [0.15, 0.2) is 29.1 Å². The molecule has 2 aromatic rings. The summed E-state index contributed by atoms with van der Waals surface area (Å²) in [6.45, 7) is 1.74. The van der Waals surface area contributed by atoms with Gasteiger partial charge in [-0.3, -0.25) is 4.79 Å². The lowest BCUT2D eigenvalue weighted by Gasteiger charge is -2.11. The van der Waals surface area contributed by atoms with Gasteiger partial charge in [-0.05, 0) is 49.4 Å². The molecule has 20 heavy (non-hydrogen) atoms. The second-order valence-corrected chi connectivity index (χ2v) is 5.02. The quantitative estimate of drug-likeness (QED) is 0.902. The Morgan fingerprint density at radius 2 is 2.00 bits per heavy atom. The van der Waals surface area contributed by atoms with Gasteiger partial charge in [0.15, 0.2) is 0 Å². The first kappa shape index (κ1) is 12.6. The van der Waals surface area contributed by atoms with Crippen molar-refractivity contribution in [1.82, 2.24) is 9.78 Å². The molecule has 0 unspecified atom stereocenters. The Morgan fingerprint density at radius 1 is 1.25 bits per heavy atom. The van der Waals surface area contributed by atoms with E-state index in [1.807, 2.05) is 12.1 Å². The van der Waals surface area contributed by atoms with Crippen molar-refractivity contribution in [1.29, 1.82) is 0 Å². The smallest absolute Gasteiger partial charge is 0.360 e. The second kappa shape index (κ2) is 4.59.